The first-order valence-corrected chi connectivity index (χ1v) is 7.61. The van der Waals surface area contributed by atoms with Crippen LogP contribution >= 0.6 is 11.3 Å². The molecule has 0 bridgehead atoms. The zero-order valence-corrected chi connectivity index (χ0v) is 13.0. The fourth-order valence-electron chi connectivity index (χ4n) is 2.01. The summed E-state index contributed by atoms with van der Waals surface area (Å²) in [4.78, 5) is 4.53. The maximum Gasteiger partial charge on any atom is 0.145 e. The normalized spacial score (nSPS) is 11.0. The number of hydrogen-bond acceptors (Lipinski definition) is 5. The molecule has 108 valence electrons. The van der Waals surface area contributed by atoms with Crippen LogP contribution in [0.4, 0.5) is 0 Å². The summed E-state index contributed by atoms with van der Waals surface area (Å²) in [5.74, 6) is 0.785. The molecule has 0 saturated carbocycles. The quantitative estimate of drug-likeness (QED) is 0.740. The van der Waals surface area contributed by atoms with E-state index in [1.165, 1.54) is 0 Å². The van der Waals surface area contributed by atoms with Crippen molar-refractivity contribution in [1.82, 2.24) is 20.0 Å². The van der Waals surface area contributed by atoms with E-state index in [0.717, 1.165) is 27.7 Å². The summed E-state index contributed by atoms with van der Waals surface area (Å²) >= 11 is 1.63. The molecule has 0 unspecified atom stereocenters. The molecule has 3 rings (SSSR count). The maximum absolute atomic E-state index is 5.86. The van der Waals surface area contributed by atoms with Crippen molar-refractivity contribution in [2.45, 2.75) is 26.9 Å². The molecule has 1 aromatic carbocycles. The van der Waals surface area contributed by atoms with Crippen LogP contribution in [0.5, 0.6) is 5.75 Å². The van der Waals surface area contributed by atoms with E-state index in [0.29, 0.717) is 0 Å². The van der Waals surface area contributed by atoms with Crippen molar-refractivity contribution in [3.63, 3.8) is 0 Å². The summed E-state index contributed by atoms with van der Waals surface area (Å²) in [5, 5.41) is 11.0. The van der Waals surface area contributed by atoms with Crippen LogP contribution in [0.1, 0.15) is 19.5 Å². The van der Waals surface area contributed by atoms with Crippen molar-refractivity contribution in [3.8, 4) is 22.0 Å². The molecular formula is C15H16N4OS. The highest BCUT2D eigenvalue weighted by Gasteiger charge is 2.12. The van der Waals surface area contributed by atoms with Gasteiger partial charge in [-0.25, -0.2) is 9.67 Å². The molecule has 0 fully saturated rings. The van der Waals surface area contributed by atoms with E-state index in [2.05, 4.69) is 15.3 Å². The van der Waals surface area contributed by atoms with E-state index in [4.69, 9.17) is 4.74 Å². The Bertz CT molecular complexity index is 734. The number of ether oxygens (including phenoxy) is 1. The van der Waals surface area contributed by atoms with Crippen LogP contribution in [-0.2, 0) is 0 Å². The number of thiazole rings is 1. The molecule has 0 aliphatic rings. The van der Waals surface area contributed by atoms with Gasteiger partial charge in [-0.05, 0) is 39.0 Å². The molecule has 0 amide bonds. The van der Waals surface area contributed by atoms with Crippen LogP contribution < -0.4 is 4.74 Å². The maximum atomic E-state index is 5.86. The van der Waals surface area contributed by atoms with Gasteiger partial charge in [0.2, 0.25) is 0 Å². The highest BCUT2D eigenvalue weighted by molar-refractivity contribution is 7.13. The molecule has 2 heterocycles. The summed E-state index contributed by atoms with van der Waals surface area (Å²) < 4.78 is 7.57. The second-order valence-electron chi connectivity index (χ2n) is 4.99. The molecule has 2 aromatic heterocycles. The lowest BCUT2D eigenvalue weighted by molar-refractivity contribution is 0.241. The lowest BCUT2D eigenvalue weighted by Crippen LogP contribution is -2.09. The van der Waals surface area contributed by atoms with E-state index in [1.54, 1.807) is 28.4 Å². The number of aromatic nitrogens is 4. The van der Waals surface area contributed by atoms with Gasteiger partial charge in [-0.2, -0.15) is 0 Å². The molecular weight excluding hydrogens is 284 g/mol. The van der Waals surface area contributed by atoms with Crippen LogP contribution in [0.3, 0.4) is 0 Å². The third-order valence-electron chi connectivity index (χ3n) is 2.86. The van der Waals surface area contributed by atoms with Gasteiger partial charge in [0, 0.05) is 16.6 Å². The molecule has 3 aromatic rings. The minimum absolute atomic E-state index is 0.0974. The Hall–Kier alpha value is -2.21. The van der Waals surface area contributed by atoms with E-state index in [1.807, 2.05) is 44.4 Å². The standard InChI is InChI=1S/C15H16N4OS/c1-10(2)20-14-5-4-12(15-17-11(3)9-21-15)8-13(14)19-7-6-16-18-19/h4-10H,1-3H3. The smallest absolute Gasteiger partial charge is 0.145 e. The first kappa shape index (κ1) is 13.8. The van der Waals surface area contributed by atoms with Crippen molar-refractivity contribution in [2.24, 2.45) is 0 Å². The van der Waals surface area contributed by atoms with E-state index < -0.39 is 0 Å². The molecule has 0 radical (unpaired) electrons. The summed E-state index contributed by atoms with van der Waals surface area (Å²) in [6.45, 7) is 6.00. The predicted molar refractivity (Wildman–Crippen MR) is 83.0 cm³/mol. The average molecular weight is 300 g/mol. The topological polar surface area (TPSA) is 52.8 Å². The third-order valence-corrected chi connectivity index (χ3v) is 3.87. The zero-order chi connectivity index (χ0) is 14.8. The number of benzene rings is 1. The first-order valence-electron chi connectivity index (χ1n) is 6.73. The molecule has 0 spiro atoms. The Morgan fingerprint density at radius 3 is 2.76 bits per heavy atom. The Morgan fingerprint density at radius 2 is 2.14 bits per heavy atom. The third kappa shape index (κ3) is 2.95. The highest BCUT2D eigenvalue weighted by Crippen LogP contribution is 2.31. The van der Waals surface area contributed by atoms with Crippen LogP contribution in [0.25, 0.3) is 16.3 Å². The summed E-state index contributed by atoms with van der Waals surface area (Å²) in [6.07, 6.45) is 3.55. The van der Waals surface area contributed by atoms with Crippen LogP contribution in [0.15, 0.2) is 36.0 Å². The predicted octanol–water partition coefficient (Wildman–Crippen LogP) is 3.49. The molecule has 0 atom stereocenters. The lowest BCUT2D eigenvalue weighted by Gasteiger charge is -2.14. The van der Waals surface area contributed by atoms with Gasteiger partial charge in [0.25, 0.3) is 0 Å². The van der Waals surface area contributed by atoms with Crippen molar-refractivity contribution in [1.29, 1.82) is 0 Å². The Labute approximate surface area is 127 Å². The summed E-state index contributed by atoms with van der Waals surface area (Å²) in [7, 11) is 0. The molecule has 0 N–H and O–H groups in total. The van der Waals surface area contributed by atoms with Gasteiger partial charge in [0.15, 0.2) is 0 Å². The van der Waals surface area contributed by atoms with Gasteiger partial charge in [-0.3, -0.25) is 0 Å². The molecule has 21 heavy (non-hydrogen) atoms. The van der Waals surface area contributed by atoms with Gasteiger partial charge in [0.1, 0.15) is 16.4 Å². The van der Waals surface area contributed by atoms with Crippen LogP contribution in [-0.4, -0.2) is 26.1 Å². The summed E-state index contributed by atoms with van der Waals surface area (Å²) in [6, 6.07) is 6.02. The number of rotatable bonds is 4. The molecule has 5 nitrogen and oxygen atoms in total. The van der Waals surface area contributed by atoms with Crippen molar-refractivity contribution in [3.05, 3.63) is 41.7 Å². The van der Waals surface area contributed by atoms with Gasteiger partial charge in [-0.1, -0.05) is 5.21 Å². The minimum atomic E-state index is 0.0974. The lowest BCUT2D eigenvalue weighted by atomic mass is 10.2. The number of aryl methyl sites for hydroxylation is 1. The Kier molecular flexibility index (Phi) is 3.70. The van der Waals surface area contributed by atoms with Crippen molar-refractivity contribution < 1.29 is 4.74 Å². The Balaban J connectivity index is 2.08. The van der Waals surface area contributed by atoms with Crippen molar-refractivity contribution >= 4 is 11.3 Å². The largest absolute Gasteiger partial charge is 0.489 e. The minimum Gasteiger partial charge on any atom is -0.489 e. The SMILES string of the molecule is Cc1csc(-c2ccc(OC(C)C)c(-n3ccnn3)c2)n1. The number of nitrogens with zero attached hydrogens (tertiary/aromatic N) is 4. The molecule has 6 heteroatoms. The molecule has 0 aliphatic heterocycles. The monoisotopic (exact) mass is 300 g/mol. The Morgan fingerprint density at radius 1 is 1.29 bits per heavy atom. The van der Waals surface area contributed by atoms with Gasteiger partial charge >= 0.3 is 0 Å². The zero-order valence-electron chi connectivity index (χ0n) is 12.1. The molecule has 0 aliphatic carbocycles. The van der Waals surface area contributed by atoms with Crippen LogP contribution in [0, 0.1) is 6.92 Å². The second kappa shape index (κ2) is 5.65. The summed E-state index contributed by atoms with van der Waals surface area (Å²) in [5.41, 5.74) is 2.95. The van der Waals surface area contributed by atoms with E-state index in [-0.39, 0.29) is 6.10 Å². The molecule has 0 saturated heterocycles. The van der Waals surface area contributed by atoms with Gasteiger partial charge in [-0.15, -0.1) is 16.4 Å². The van der Waals surface area contributed by atoms with Crippen molar-refractivity contribution in [2.75, 3.05) is 0 Å². The van der Waals surface area contributed by atoms with E-state index in [9.17, 15) is 0 Å². The van der Waals surface area contributed by atoms with Gasteiger partial charge < -0.3 is 4.74 Å². The second-order valence-corrected chi connectivity index (χ2v) is 5.85. The number of hydrogen-bond donors (Lipinski definition) is 0. The first-order chi connectivity index (χ1) is 10.1. The average Bonchev–Trinajstić information content (AvgIpc) is 3.10. The highest BCUT2D eigenvalue weighted by atomic mass is 32.1. The van der Waals surface area contributed by atoms with Gasteiger partial charge in [0.05, 0.1) is 18.5 Å². The fraction of sp³-hybridized carbons (Fsp3) is 0.267. The van der Waals surface area contributed by atoms with E-state index >= 15 is 0 Å². The fourth-order valence-corrected chi connectivity index (χ4v) is 2.80. The van der Waals surface area contributed by atoms with Crippen LogP contribution in [0.2, 0.25) is 0 Å².